The molecule has 5 unspecified atom stereocenters. The number of aliphatic hydroxyl groups is 3. The Morgan fingerprint density at radius 2 is 2.07 bits per heavy atom. The highest BCUT2D eigenvalue weighted by molar-refractivity contribution is 7.99. The van der Waals surface area contributed by atoms with Crippen molar-refractivity contribution < 1.29 is 29.6 Å². The number of aliphatic hydroxyl groups excluding tert-OH is 3. The number of carbonyl (C=O) groups is 1. The maximum atomic E-state index is 11.6. The van der Waals surface area contributed by atoms with Crippen molar-refractivity contribution in [3.8, 4) is 0 Å². The van der Waals surface area contributed by atoms with Crippen LogP contribution in [0.1, 0.15) is 6.92 Å². The minimum Gasteiger partial charge on any atom is -0.461 e. The molecule has 28 heavy (non-hydrogen) atoms. The van der Waals surface area contributed by atoms with Gasteiger partial charge in [-0.1, -0.05) is 35.0 Å². The number of nitrogens with one attached hydrogen (secondary N) is 1. The van der Waals surface area contributed by atoms with Crippen LogP contribution >= 0.6 is 35.0 Å². The molecule has 0 radical (unpaired) electrons. The normalized spacial score (nSPS) is 28.1. The first-order valence-corrected chi connectivity index (χ1v) is 10.0. The van der Waals surface area contributed by atoms with E-state index in [-0.39, 0.29) is 12.3 Å². The Morgan fingerprint density at radius 1 is 1.36 bits per heavy atom. The predicted octanol–water partition coefficient (Wildman–Crippen LogP) is 0.846. The molecule has 1 aromatic carbocycles. The zero-order chi connectivity index (χ0) is 20.8. The molecule has 1 aliphatic heterocycles. The number of carbonyl (C=O) groups excluding carboxylic acids is 1. The molecule has 11 heteroatoms. The first-order valence-electron chi connectivity index (χ1n) is 8.41. The van der Waals surface area contributed by atoms with Crippen LogP contribution in [0.5, 0.6) is 0 Å². The summed E-state index contributed by atoms with van der Waals surface area (Å²) in [5, 5.41) is 34.0. The Balaban J connectivity index is 2.16. The fourth-order valence-corrected chi connectivity index (χ4v) is 4.00. The third-order valence-electron chi connectivity index (χ3n) is 3.97. The van der Waals surface area contributed by atoms with Crippen molar-refractivity contribution in [2.45, 2.75) is 41.6 Å². The number of benzene rings is 1. The molecule has 0 aliphatic carbocycles. The molecule has 0 amide bonds. The SMILES string of the molecule is CCOC(=O)/C(N)=C/NC1C(O)C(CO)OC(Sc2ccc(Cl)c(Cl)c2)C1O. The zero-order valence-electron chi connectivity index (χ0n) is 14.9. The largest absolute Gasteiger partial charge is 0.461 e. The summed E-state index contributed by atoms with van der Waals surface area (Å²) in [6, 6.07) is 3.97. The lowest BCUT2D eigenvalue weighted by molar-refractivity contribution is -0.164. The summed E-state index contributed by atoms with van der Waals surface area (Å²) < 4.78 is 10.4. The van der Waals surface area contributed by atoms with Crippen LogP contribution in [0, 0.1) is 0 Å². The summed E-state index contributed by atoms with van der Waals surface area (Å²) >= 11 is 13.1. The van der Waals surface area contributed by atoms with E-state index in [0.717, 1.165) is 18.0 Å². The van der Waals surface area contributed by atoms with Crippen LogP contribution in [-0.2, 0) is 14.3 Å². The van der Waals surface area contributed by atoms with Crippen LogP contribution in [0.2, 0.25) is 10.0 Å². The zero-order valence-corrected chi connectivity index (χ0v) is 17.2. The summed E-state index contributed by atoms with van der Waals surface area (Å²) in [6.45, 7) is 1.33. The maximum Gasteiger partial charge on any atom is 0.355 e. The lowest BCUT2D eigenvalue weighted by Crippen LogP contribution is -2.62. The molecule has 0 bridgehead atoms. The lowest BCUT2D eigenvalue weighted by Gasteiger charge is -2.42. The Kier molecular flexibility index (Phi) is 8.69. The van der Waals surface area contributed by atoms with Gasteiger partial charge in [-0.15, -0.1) is 0 Å². The molecule has 0 saturated carbocycles. The van der Waals surface area contributed by atoms with Gasteiger partial charge in [0.2, 0.25) is 0 Å². The van der Waals surface area contributed by atoms with Crippen molar-refractivity contribution in [2.75, 3.05) is 13.2 Å². The Hall–Kier alpha value is -1.20. The number of esters is 1. The van der Waals surface area contributed by atoms with E-state index in [1.165, 1.54) is 0 Å². The molecule has 1 saturated heterocycles. The Labute approximate surface area is 176 Å². The van der Waals surface area contributed by atoms with Gasteiger partial charge in [0.05, 0.1) is 29.3 Å². The number of ether oxygens (including phenoxy) is 2. The number of hydrogen-bond donors (Lipinski definition) is 5. The molecule has 156 valence electrons. The van der Waals surface area contributed by atoms with Gasteiger partial charge in [-0.3, -0.25) is 0 Å². The number of nitrogens with two attached hydrogens (primary N) is 1. The fourth-order valence-electron chi connectivity index (χ4n) is 2.53. The fraction of sp³-hybridized carbons (Fsp3) is 0.471. The van der Waals surface area contributed by atoms with Crippen LogP contribution in [0.25, 0.3) is 0 Å². The Bertz CT molecular complexity index is 723. The van der Waals surface area contributed by atoms with Crippen molar-refractivity contribution in [1.82, 2.24) is 5.32 Å². The quantitative estimate of drug-likeness (QED) is 0.301. The van der Waals surface area contributed by atoms with E-state index in [4.69, 9.17) is 38.4 Å². The molecule has 0 aromatic heterocycles. The molecule has 6 N–H and O–H groups in total. The van der Waals surface area contributed by atoms with Crippen molar-refractivity contribution in [2.24, 2.45) is 5.73 Å². The first-order chi connectivity index (χ1) is 13.3. The summed E-state index contributed by atoms with van der Waals surface area (Å²) in [5.74, 6) is -0.730. The second-order valence-electron chi connectivity index (χ2n) is 5.91. The molecule has 1 aliphatic rings. The van der Waals surface area contributed by atoms with Gasteiger partial charge in [0.25, 0.3) is 0 Å². The highest BCUT2D eigenvalue weighted by Gasteiger charge is 2.44. The van der Waals surface area contributed by atoms with Gasteiger partial charge in [-0.2, -0.15) is 0 Å². The molecule has 1 heterocycles. The average molecular weight is 453 g/mol. The van der Waals surface area contributed by atoms with Crippen molar-refractivity contribution in [3.63, 3.8) is 0 Å². The average Bonchev–Trinajstić information content (AvgIpc) is 2.66. The Morgan fingerprint density at radius 3 is 2.68 bits per heavy atom. The van der Waals surface area contributed by atoms with Crippen molar-refractivity contribution in [1.29, 1.82) is 0 Å². The monoisotopic (exact) mass is 452 g/mol. The smallest absolute Gasteiger partial charge is 0.355 e. The summed E-state index contributed by atoms with van der Waals surface area (Å²) in [5.41, 5.74) is 4.55. The minimum atomic E-state index is -1.25. The summed E-state index contributed by atoms with van der Waals surface area (Å²) in [6.07, 6.45) is -2.27. The van der Waals surface area contributed by atoms with Gasteiger partial charge >= 0.3 is 5.97 Å². The van der Waals surface area contributed by atoms with E-state index in [1.807, 2.05) is 0 Å². The predicted molar refractivity (Wildman–Crippen MR) is 106 cm³/mol. The van der Waals surface area contributed by atoms with E-state index in [1.54, 1.807) is 25.1 Å². The van der Waals surface area contributed by atoms with Crippen LogP contribution in [-0.4, -0.2) is 64.3 Å². The topological polar surface area (TPSA) is 134 Å². The highest BCUT2D eigenvalue weighted by atomic mass is 35.5. The van der Waals surface area contributed by atoms with Crippen LogP contribution in [0.3, 0.4) is 0 Å². The molecule has 1 fully saturated rings. The molecule has 2 rings (SSSR count). The van der Waals surface area contributed by atoms with E-state index < -0.39 is 42.4 Å². The highest BCUT2D eigenvalue weighted by Crippen LogP contribution is 2.35. The standard InChI is InChI=1S/C17H22Cl2N2O6S/c1-2-26-16(25)11(20)6-21-13-14(23)12(7-22)27-17(15(13)24)28-8-3-4-9(18)10(19)5-8/h3-6,12-15,17,21-24H,2,7,20H2,1H3/b11-6-. The third kappa shape index (κ3) is 5.66. The number of halogens is 2. The molecule has 0 spiro atoms. The van der Waals surface area contributed by atoms with E-state index in [9.17, 15) is 20.1 Å². The summed E-state index contributed by atoms with van der Waals surface area (Å²) in [4.78, 5) is 12.3. The second kappa shape index (κ2) is 10.5. The molecular weight excluding hydrogens is 431 g/mol. The van der Waals surface area contributed by atoms with Crippen LogP contribution in [0.15, 0.2) is 35.0 Å². The third-order valence-corrected chi connectivity index (χ3v) is 5.86. The van der Waals surface area contributed by atoms with Gasteiger partial charge in [0, 0.05) is 11.1 Å². The van der Waals surface area contributed by atoms with E-state index >= 15 is 0 Å². The number of hydrogen-bond acceptors (Lipinski definition) is 9. The van der Waals surface area contributed by atoms with Gasteiger partial charge < -0.3 is 35.8 Å². The molecular formula is C17H22Cl2N2O6S. The van der Waals surface area contributed by atoms with Crippen molar-refractivity contribution >= 4 is 40.9 Å². The van der Waals surface area contributed by atoms with Crippen LogP contribution in [0.4, 0.5) is 0 Å². The maximum absolute atomic E-state index is 11.6. The number of rotatable bonds is 7. The van der Waals surface area contributed by atoms with Gasteiger partial charge in [0.15, 0.2) is 0 Å². The van der Waals surface area contributed by atoms with Crippen LogP contribution < -0.4 is 11.1 Å². The van der Waals surface area contributed by atoms with E-state index in [2.05, 4.69) is 5.32 Å². The second-order valence-corrected chi connectivity index (χ2v) is 7.90. The van der Waals surface area contributed by atoms with Gasteiger partial charge in [-0.25, -0.2) is 4.79 Å². The summed E-state index contributed by atoms with van der Waals surface area (Å²) in [7, 11) is 0. The molecule has 5 atom stereocenters. The van der Waals surface area contributed by atoms with Gasteiger partial charge in [0.1, 0.15) is 29.4 Å². The lowest BCUT2D eigenvalue weighted by atomic mass is 9.97. The van der Waals surface area contributed by atoms with Crippen molar-refractivity contribution in [3.05, 3.63) is 40.1 Å². The minimum absolute atomic E-state index is 0.158. The first kappa shape index (κ1) is 23.1. The molecule has 1 aromatic rings. The van der Waals surface area contributed by atoms with Gasteiger partial charge in [-0.05, 0) is 25.1 Å². The van der Waals surface area contributed by atoms with E-state index in [0.29, 0.717) is 14.9 Å². The number of thioether (sulfide) groups is 1. The molecule has 8 nitrogen and oxygen atoms in total.